The van der Waals surface area contributed by atoms with Crippen molar-refractivity contribution in [3.05, 3.63) is 53.3 Å². The monoisotopic (exact) mass is 453 g/mol. The van der Waals surface area contributed by atoms with Crippen molar-refractivity contribution < 1.29 is 13.2 Å². The van der Waals surface area contributed by atoms with E-state index in [0.29, 0.717) is 19.0 Å². The van der Waals surface area contributed by atoms with Crippen LogP contribution in [0.1, 0.15) is 16.7 Å². The Morgan fingerprint density at radius 2 is 1.71 bits per heavy atom. The first-order valence-electron chi connectivity index (χ1n) is 6.96. The first-order chi connectivity index (χ1) is 10.9. The van der Waals surface area contributed by atoms with Crippen molar-refractivity contribution in [3.8, 4) is 0 Å². The van der Waals surface area contributed by atoms with Crippen LogP contribution < -0.4 is 10.6 Å². The molecule has 0 amide bonds. The number of aryl methyl sites for hydroxylation is 1. The van der Waals surface area contributed by atoms with Gasteiger partial charge in [-0.1, -0.05) is 12.1 Å². The Kier molecular flexibility index (Phi) is 7.52. The molecule has 0 atom stereocenters. The molecule has 2 rings (SSSR count). The first kappa shape index (κ1) is 20.3. The maximum Gasteiger partial charge on any atom is 0.416 e. The van der Waals surface area contributed by atoms with E-state index in [-0.39, 0.29) is 24.0 Å². The van der Waals surface area contributed by atoms with E-state index in [0.717, 1.165) is 23.3 Å². The van der Waals surface area contributed by atoms with Gasteiger partial charge in [-0.2, -0.15) is 18.3 Å². The lowest BCUT2D eigenvalue weighted by molar-refractivity contribution is -0.137. The predicted molar refractivity (Wildman–Crippen MR) is 97.1 cm³/mol. The standard InChI is InChI=1S/C15H18F3N5.HI/c1-19-14(21-8-12-9-22-23(2)10-12)20-7-11-3-5-13(6-4-11)15(16,17)18;/h3-6,9-10H,7-8H2,1-2H3,(H2,19,20,21);1H. The molecule has 0 aliphatic carbocycles. The van der Waals surface area contributed by atoms with Crippen LogP contribution in [-0.2, 0) is 26.3 Å². The minimum absolute atomic E-state index is 0. The molecule has 0 radical (unpaired) electrons. The van der Waals surface area contributed by atoms with Gasteiger partial charge in [0.2, 0.25) is 0 Å². The van der Waals surface area contributed by atoms with E-state index in [1.54, 1.807) is 17.9 Å². The third-order valence-corrected chi connectivity index (χ3v) is 3.18. The van der Waals surface area contributed by atoms with Gasteiger partial charge in [0.1, 0.15) is 0 Å². The lowest BCUT2D eigenvalue weighted by Crippen LogP contribution is -2.36. The molecule has 5 nitrogen and oxygen atoms in total. The number of rotatable bonds is 4. The van der Waals surface area contributed by atoms with Crippen LogP contribution in [0.2, 0.25) is 0 Å². The van der Waals surface area contributed by atoms with E-state index < -0.39 is 11.7 Å². The maximum absolute atomic E-state index is 12.5. The van der Waals surface area contributed by atoms with Crippen molar-refractivity contribution >= 4 is 29.9 Å². The number of hydrogen-bond donors (Lipinski definition) is 2. The molecule has 0 spiro atoms. The number of alkyl halides is 3. The van der Waals surface area contributed by atoms with Crippen molar-refractivity contribution in [1.29, 1.82) is 0 Å². The minimum Gasteiger partial charge on any atom is -0.352 e. The van der Waals surface area contributed by atoms with Gasteiger partial charge in [0.05, 0.1) is 11.8 Å². The molecule has 0 unspecified atom stereocenters. The quantitative estimate of drug-likeness (QED) is 0.426. The number of aromatic nitrogens is 2. The summed E-state index contributed by atoms with van der Waals surface area (Å²) in [5.41, 5.74) is 1.09. The molecule has 2 N–H and O–H groups in total. The van der Waals surface area contributed by atoms with E-state index >= 15 is 0 Å². The van der Waals surface area contributed by atoms with E-state index in [1.807, 2.05) is 13.2 Å². The number of nitrogens with one attached hydrogen (secondary N) is 2. The van der Waals surface area contributed by atoms with Crippen LogP contribution in [0.15, 0.2) is 41.7 Å². The smallest absolute Gasteiger partial charge is 0.352 e. The summed E-state index contributed by atoms with van der Waals surface area (Å²) in [5, 5.41) is 10.2. The second-order valence-electron chi connectivity index (χ2n) is 5.00. The van der Waals surface area contributed by atoms with Gasteiger partial charge in [0, 0.05) is 38.9 Å². The summed E-state index contributed by atoms with van der Waals surface area (Å²) in [6.07, 6.45) is -0.681. The van der Waals surface area contributed by atoms with Crippen molar-refractivity contribution in [2.45, 2.75) is 19.3 Å². The molecule has 0 aliphatic heterocycles. The molecule has 24 heavy (non-hydrogen) atoms. The van der Waals surface area contributed by atoms with Crippen LogP contribution in [0, 0.1) is 0 Å². The third kappa shape index (κ3) is 6.02. The molecule has 132 valence electrons. The fourth-order valence-corrected chi connectivity index (χ4v) is 1.97. The van der Waals surface area contributed by atoms with Crippen LogP contribution in [0.5, 0.6) is 0 Å². The topological polar surface area (TPSA) is 54.2 Å². The molecule has 1 aromatic carbocycles. The summed E-state index contributed by atoms with van der Waals surface area (Å²) in [7, 11) is 3.46. The van der Waals surface area contributed by atoms with Crippen LogP contribution in [0.3, 0.4) is 0 Å². The molecule has 9 heteroatoms. The molecule has 0 saturated heterocycles. The largest absolute Gasteiger partial charge is 0.416 e. The molecule has 0 aliphatic rings. The second-order valence-corrected chi connectivity index (χ2v) is 5.00. The third-order valence-electron chi connectivity index (χ3n) is 3.18. The summed E-state index contributed by atoms with van der Waals surface area (Å²) in [6.45, 7) is 0.936. The Morgan fingerprint density at radius 3 is 2.17 bits per heavy atom. The number of benzene rings is 1. The first-order valence-corrected chi connectivity index (χ1v) is 6.96. The van der Waals surface area contributed by atoms with Crippen LogP contribution >= 0.6 is 24.0 Å². The highest BCUT2D eigenvalue weighted by molar-refractivity contribution is 14.0. The lowest BCUT2D eigenvalue weighted by atomic mass is 10.1. The minimum atomic E-state index is -4.31. The molecule has 0 saturated carbocycles. The highest BCUT2D eigenvalue weighted by atomic mass is 127. The zero-order chi connectivity index (χ0) is 16.9. The summed E-state index contributed by atoms with van der Waals surface area (Å²) < 4.78 is 39.2. The molecule has 0 fully saturated rings. The fourth-order valence-electron chi connectivity index (χ4n) is 1.97. The number of aliphatic imine (C=N–C) groups is 1. The van der Waals surface area contributed by atoms with E-state index in [1.165, 1.54) is 12.1 Å². The van der Waals surface area contributed by atoms with Gasteiger partial charge in [-0.05, 0) is 17.7 Å². The van der Waals surface area contributed by atoms with E-state index in [4.69, 9.17) is 0 Å². The molecular weight excluding hydrogens is 434 g/mol. The van der Waals surface area contributed by atoms with Crippen LogP contribution in [-0.4, -0.2) is 22.8 Å². The number of guanidine groups is 1. The normalized spacial score (nSPS) is 11.8. The van der Waals surface area contributed by atoms with Crippen molar-refractivity contribution in [2.24, 2.45) is 12.0 Å². The zero-order valence-corrected chi connectivity index (χ0v) is 15.6. The zero-order valence-electron chi connectivity index (χ0n) is 13.3. The molecular formula is C15H19F3IN5. The molecule has 0 bridgehead atoms. The van der Waals surface area contributed by atoms with Crippen molar-refractivity contribution in [1.82, 2.24) is 20.4 Å². The summed E-state index contributed by atoms with van der Waals surface area (Å²) in [4.78, 5) is 4.07. The molecule has 1 heterocycles. The fraction of sp³-hybridized carbons (Fsp3) is 0.333. The van der Waals surface area contributed by atoms with E-state index in [9.17, 15) is 13.2 Å². The SMILES string of the molecule is CN=C(NCc1ccc(C(F)(F)F)cc1)NCc1cnn(C)c1.I. The predicted octanol–water partition coefficient (Wildman–Crippen LogP) is 2.92. The van der Waals surface area contributed by atoms with Crippen LogP contribution in [0.25, 0.3) is 0 Å². The lowest BCUT2D eigenvalue weighted by Gasteiger charge is -2.12. The average molecular weight is 453 g/mol. The number of hydrogen-bond acceptors (Lipinski definition) is 2. The summed E-state index contributed by atoms with van der Waals surface area (Å²) in [5.74, 6) is 0.564. The van der Waals surface area contributed by atoms with E-state index in [2.05, 4.69) is 20.7 Å². The Labute approximate surface area is 155 Å². The Balaban J connectivity index is 0.00000288. The van der Waals surface area contributed by atoms with Gasteiger partial charge < -0.3 is 10.6 Å². The summed E-state index contributed by atoms with van der Waals surface area (Å²) in [6, 6.07) is 5.04. The van der Waals surface area contributed by atoms with Gasteiger partial charge in [-0.25, -0.2) is 0 Å². The van der Waals surface area contributed by atoms with Crippen molar-refractivity contribution in [3.63, 3.8) is 0 Å². The number of nitrogens with zero attached hydrogens (tertiary/aromatic N) is 3. The average Bonchev–Trinajstić information content (AvgIpc) is 2.92. The second kappa shape index (κ2) is 8.90. The van der Waals surface area contributed by atoms with Gasteiger partial charge in [-0.15, -0.1) is 24.0 Å². The van der Waals surface area contributed by atoms with Crippen LogP contribution in [0.4, 0.5) is 13.2 Å². The summed E-state index contributed by atoms with van der Waals surface area (Å²) >= 11 is 0. The highest BCUT2D eigenvalue weighted by Crippen LogP contribution is 2.28. The Bertz CT molecular complexity index is 664. The Hall–Kier alpha value is -1.78. The van der Waals surface area contributed by atoms with Gasteiger partial charge in [0.25, 0.3) is 0 Å². The molecule has 2 aromatic rings. The molecule has 1 aromatic heterocycles. The van der Waals surface area contributed by atoms with Gasteiger partial charge >= 0.3 is 6.18 Å². The van der Waals surface area contributed by atoms with Crippen molar-refractivity contribution in [2.75, 3.05) is 7.05 Å². The number of halogens is 4. The maximum atomic E-state index is 12.5. The highest BCUT2D eigenvalue weighted by Gasteiger charge is 2.29. The van der Waals surface area contributed by atoms with Gasteiger partial charge in [0.15, 0.2) is 5.96 Å². The Morgan fingerprint density at radius 1 is 1.12 bits per heavy atom. The van der Waals surface area contributed by atoms with Gasteiger partial charge in [-0.3, -0.25) is 9.67 Å².